The number of carbonyl (C=O) groups excluding carboxylic acids is 1. The molecule has 30 heavy (non-hydrogen) atoms. The second-order valence-corrected chi connectivity index (χ2v) is 7.83. The molecule has 3 N–H and O–H groups in total. The van der Waals surface area contributed by atoms with Crippen molar-refractivity contribution in [3.05, 3.63) is 70.1 Å². The largest absolute Gasteiger partial charge is 0.357 e. The van der Waals surface area contributed by atoms with Crippen LogP contribution in [0.3, 0.4) is 0 Å². The van der Waals surface area contributed by atoms with E-state index in [0.29, 0.717) is 25.6 Å². The van der Waals surface area contributed by atoms with E-state index in [9.17, 15) is 9.59 Å². The molecule has 8 heteroatoms. The maximum atomic E-state index is 12.0. The summed E-state index contributed by atoms with van der Waals surface area (Å²) in [7, 11) is 0. The van der Waals surface area contributed by atoms with E-state index < -0.39 is 0 Å². The van der Waals surface area contributed by atoms with Crippen LogP contribution in [-0.4, -0.2) is 35.1 Å². The van der Waals surface area contributed by atoms with Gasteiger partial charge in [0.1, 0.15) is 0 Å². The molecule has 1 amide bonds. The number of aliphatic imine (C=N–C) groups is 1. The van der Waals surface area contributed by atoms with Crippen molar-refractivity contribution in [2.45, 2.75) is 46.3 Å². The van der Waals surface area contributed by atoms with E-state index in [-0.39, 0.29) is 47.5 Å². The summed E-state index contributed by atoms with van der Waals surface area (Å²) < 4.78 is 1.67. The Morgan fingerprint density at radius 2 is 1.70 bits per heavy atom. The minimum Gasteiger partial charge on any atom is -0.357 e. The molecule has 1 aromatic heterocycles. The number of carbonyl (C=O) groups is 1. The molecule has 0 radical (unpaired) electrons. The Kier molecular flexibility index (Phi) is 10.6. The molecule has 164 valence electrons. The van der Waals surface area contributed by atoms with Gasteiger partial charge in [0.15, 0.2) is 5.96 Å². The normalized spacial score (nSPS) is 11.4. The molecule has 1 aromatic carbocycles. The topological polar surface area (TPSA) is 87.5 Å². The van der Waals surface area contributed by atoms with Crippen LogP contribution in [0.4, 0.5) is 0 Å². The number of benzene rings is 1. The fourth-order valence-corrected chi connectivity index (χ4v) is 2.68. The van der Waals surface area contributed by atoms with E-state index in [1.807, 2.05) is 58.0 Å². The molecule has 0 fully saturated rings. The number of halogens is 1. The zero-order chi connectivity index (χ0) is 21.3. The predicted molar refractivity (Wildman–Crippen MR) is 132 cm³/mol. The van der Waals surface area contributed by atoms with Gasteiger partial charge in [-0.05, 0) is 44.9 Å². The first-order chi connectivity index (χ1) is 13.8. The number of nitrogens with zero attached hydrogens (tertiary/aromatic N) is 2. The van der Waals surface area contributed by atoms with Gasteiger partial charge in [-0.1, -0.05) is 30.3 Å². The molecule has 2 aromatic rings. The third kappa shape index (κ3) is 9.43. The highest BCUT2D eigenvalue weighted by molar-refractivity contribution is 14.0. The molecule has 0 aliphatic carbocycles. The number of aromatic nitrogens is 1. The Morgan fingerprint density at radius 1 is 1.03 bits per heavy atom. The highest BCUT2D eigenvalue weighted by atomic mass is 127. The number of hydrogen-bond acceptors (Lipinski definition) is 3. The lowest BCUT2D eigenvalue weighted by Crippen LogP contribution is -2.48. The lowest BCUT2D eigenvalue weighted by atomic mass is 10.1. The van der Waals surface area contributed by atoms with Crippen LogP contribution in [-0.2, 0) is 17.9 Å². The van der Waals surface area contributed by atoms with Crippen molar-refractivity contribution in [2.75, 3.05) is 13.1 Å². The van der Waals surface area contributed by atoms with E-state index in [1.54, 1.807) is 22.9 Å². The van der Waals surface area contributed by atoms with Crippen LogP contribution < -0.4 is 21.5 Å². The molecule has 0 bridgehead atoms. The van der Waals surface area contributed by atoms with Gasteiger partial charge >= 0.3 is 0 Å². The van der Waals surface area contributed by atoms with Crippen molar-refractivity contribution in [2.24, 2.45) is 4.99 Å². The van der Waals surface area contributed by atoms with Gasteiger partial charge in [-0.3, -0.25) is 9.59 Å². The fourth-order valence-electron chi connectivity index (χ4n) is 2.68. The number of pyridine rings is 1. The summed E-state index contributed by atoms with van der Waals surface area (Å²) in [4.78, 5) is 28.3. The Labute approximate surface area is 195 Å². The molecule has 0 aliphatic rings. The molecule has 0 saturated heterocycles. The second-order valence-electron chi connectivity index (χ2n) is 7.83. The predicted octanol–water partition coefficient (Wildman–Crippen LogP) is 2.48. The van der Waals surface area contributed by atoms with Gasteiger partial charge < -0.3 is 20.5 Å². The number of amides is 1. The fraction of sp³-hybridized carbons (Fsp3) is 0.409. The number of rotatable bonds is 7. The summed E-state index contributed by atoms with van der Waals surface area (Å²) in [5.74, 6) is 0.514. The van der Waals surface area contributed by atoms with Crippen LogP contribution in [0.15, 0.2) is 58.4 Å². The number of hydrogen-bond donors (Lipinski definition) is 3. The molecule has 0 unspecified atom stereocenters. The third-order valence-electron chi connectivity index (χ3n) is 3.97. The highest BCUT2D eigenvalue weighted by Gasteiger charge is 2.13. The van der Waals surface area contributed by atoms with E-state index in [4.69, 9.17) is 0 Å². The quantitative estimate of drug-likeness (QED) is 0.295. The Hall–Kier alpha value is -2.36. The maximum absolute atomic E-state index is 12.0. The summed E-state index contributed by atoms with van der Waals surface area (Å²) in [5, 5.41) is 9.11. The molecule has 0 spiro atoms. The molecular weight excluding hydrogens is 493 g/mol. The zero-order valence-corrected chi connectivity index (χ0v) is 20.4. The Bertz CT molecular complexity index is 885. The molecule has 1 heterocycles. The lowest BCUT2D eigenvalue weighted by molar-refractivity contribution is -0.121. The first-order valence-electron chi connectivity index (χ1n) is 9.83. The van der Waals surface area contributed by atoms with Gasteiger partial charge in [0.25, 0.3) is 5.56 Å². The van der Waals surface area contributed by atoms with Crippen LogP contribution in [0, 0.1) is 0 Å². The standard InChI is InChI=1S/C22H31N5O2.HI/c1-5-23-21(25-15-19(28)26-22(2,3)4)24-14-17-9-11-18(12-10-17)16-27-13-7-6-8-20(27)29;/h6-13H,5,14-16H2,1-4H3,(H,26,28)(H2,23,24,25);1H. The van der Waals surface area contributed by atoms with Crippen molar-refractivity contribution >= 4 is 35.8 Å². The van der Waals surface area contributed by atoms with Gasteiger partial charge in [0, 0.05) is 24.3 Å². The second kappa shape index (κ2) is 12.4. The molecule has 0 atom stereocenters. The summed E-state index contributed by atoms with van der Waals surface area (Å²) in [6, 6.07) is 13.2. The number of nitrogens with one attached hydrogen (secondary N) is 3. The van der Waals surface area contributed by atoms with Crippen molar-refractivity contribution < 1.29 is 4.79 Å². The van der Waals surface area contributed by atoms with Gasteiger partial charge in [0.2, 0.25) is 5.91 Å². The Balaban J connectivity index is 0.00000450. The molecule has 0 saturated carbocycles. The van der Waals surface area contributed by atoms with Crippen LogP contribution >= 0.6 is 24.0 Å². The Morgan fingerprint density at radius 3 is 2.30 bits per heavy atom. The van der Waals surface area contributed by atoms with Gasteiger partial charge in [-0.25, -0.2) is 4.99 Å². The van der Waals surface area contributed by atoms with Crippen LogP contribution in [0.25, 0.3) is 0 Å². The van der Waals surface area contributed by atoms with E-state index in [2.05, 4.69) is 20.9 Å². The highest BCUT2D eigenvalue weighted by Crippen LogP contribution is 2.07. The number of guanidine groups is 1. The first kappa shape index (κ1) is 25.7. The summed E-state index contributed by atoms with van der Waals surface area (Å²) in [6.07, 6.45) is 1.78. The average molecular weight is 525 g/mol. The third-order valence-corrected chi connectivity index (χ3v) is 3.97. The first-order valence-corrected chi connectivity index (χ1v) is 9.83. The minimum atomic E-state index is -0.263. The van der Waals surface area contributed by atoms with Gasteiger partial charge in [0.05, 0.1) is 19.6 Å². The van der Waals surface area contributed by atoms with Gasteiger partial charge in [-0.15, -0.1) is 24.0 Å². The van der Waals surface area contributed by atoms with Crippen molar-refractivity contribution in [3.63, 3.8) is 0 Å². The smallest absolute Gasteiger partial charge is 0.250 e. The average Bonchev–Trinajstić information content (AvgIpc) is 2.65. The van der Waals surface area contributed by atoms with Crippen molar-refractivity contribution in [1.29, 1.82) is 0 Å². The monoisotopic (exact) mass is 525 g/mol. The van der Waals surface area contributed by atoms with E-state index in [0.717, 1.165) is 11.1 Å². The summed E-state index contributed by atoms with van der Waals surface area (Å²) >= 11 is 0. The van der Waals surface area contributed by atoms with E-state index >= 15 is 0 Å². The van der Waals surface area contributed by atoms with Crippen LogP contribution in [0.1, 0.15) is 38.8 Å². The van der Waals surface area contributed by atoms with Crippen molar-refractivity contribution in [1.82, 2.24) is 20.5 Å². The zero-order valence-electron chi connectivity index (χ0n) is 18.1. The molecule has 0 aliphatic heterocycles. The van der Waals surface area contributed by atoms with E-state index in [1.165, 1.54) is 0 Å². The lowest BCUT2D eigenvalue weighted by Gasteiger charge is -2.21. The minimum absolute atomic E-state index is 0. The SMILES string of the molecule is CCNC(=NCc1ccc(Cn2ccccc2=O)cc1)NCC(=O)NC(C)(C)C.I. The molecule has 7 nitrogen and oxygen atoms in total. The van der Waals surface area contributed by atoms with Crippen molar-refractivity contribution in [3.8, 4) is 0 Å². The maximum Gasteiger partial charge on any atom is 0.250 e. The van der Waals surface area contributed by atoms with Crippen LogP contribution in [0.5, 0.6) is 0 Å². The summed E-state index contributed by atoms with van der Waals surface area (Å²) in [5.41, 5.74) is 1.82. The van der Waals surface area contributed by atoms with Crippen LogP contribution in [0.2, 0.25) is 0 Å². The summed E-state index contributed by atoms with van der Waals surface area (Å²) in [6.45, 7) is 9.71. The molecular formula is C22H32IN5O2. The van der Waals surface area contributed by atoms with Gasteiger partial charge in [-0.2, -0.15) is 0 Å². The molecule has 2 rings (SSSR count).